The predicted molar refractivity (Wildman–Crippen MR) is 87.1 cm³/mol. The highest BCUT2D eigenvalue weighted by Gasteiger charge is 2.40. The van der Waals surface area contributed by atoms with E-state index in [1.165, 1.54) is 43.2 Å². The van der Waals surface area contributed by atoms with Gasteiger partial charge in [0.2, 0.25) is 0 Å². The highest BCUT2D eigenvalue weighted by molar-refractivity contribution is 5.75. The number of benzene rings is 2. The molecule has 0 saturated heterocycles. The number of hydrogen-bond acceptors (Lipinski definition) is 0. The number of rotatable bonds is 0. The summed E-state index contributed by atoms with van der Waals surface area (Å²) in [6.07, 6.45) is 6.80. The van der Waals surface area contributed by atoms with Crippen molar-refractivity contribution in [1.29, 1.82) is 0 Å². The molecule has 0 amide bonds. The fourth-order valence-corrected chi connectivity index (χ4v) is 4.08. The van der Waals surface area contributed by atoms with Crippen LogP contribution >= 0.6 is 0 Å². The molecule has 0 bridgehead atoms. The van der Waals surface area contributed by atoms with Crippen LogP contribution in [0, 0.1) is 0 Å². The van der Waals surface area contributed by atoms with Gasteiger partial charge in [-0.15, -0.1) is 0 Å². The molecule has 104 valence electrons. The molecule has 2 aromatic rings. The number of hydrogen-bond donors (Lipinski definition) is 0. The van der Waals surface area contributed by atoms with Crippen LogP contribution in [0.25, 0.3) is 11.1 Å². The topological polar surface area (TPSA) is 0 Å². The average Bonchev–Trinajstić information content (AvgIpc) is 2.99. The highest BCUT2D eigenvalue weighted by Crippen LogP contribution is 2.51. The molecule has 2 aliphatic rings. The van der Waals surface area contributed by atoms with Crippen molar-refractivity contribution in [2.45, 2.75) is 51.4 Å². The maximum absolute atomic E-state index is 2.37. The fraction of sp³-hybridized carbons (Fsp3) is 0.400. The van der Waals surface area contributed by atoms with Crippen molar-refractivity contribution < 1.29 is 0 Å². The van der Waals surface area contributed by atoms with Gasteiger partial charge < -0.3 is 0 Å². The molecule has 0 atom stereocenters. The molecule has 0 radical (unpaired) electrons. The van der Waals surface area contributed by atoms with Crippen molar-refractivity contribution in [3.63, 3.8) is 0 Å². The van der Waals surface area contributed by atoms with Crippen LogP contribution in [0.3, 0.4) is 0 Å². The highest BCUT2D eigenvalue weighted by atomic mass is 14.4. The van der Waals surface area contributed by atoms with Crippen LogP contribution in [0.5, 0.6) is 0 Å². The van der Waals surface area contributed by atoms with E-state index in [2.05, 4.69) is 48.5 Å². The lowest BCUT2D eigenvalue weighted by Gasteiger charge is -2.37. The summed E-state index contributed by atoms with van der Waals surface area (Å²) >= 11 is 0. The first kappa shape index (κ1) is 13.4. The van der Waals surface area contributed by atoms with Gasteiger partial charge in [0.25, 0.3) is 0 Å². The summed E-state index contributed by atoms with van der Waals surface area (Å²) in [5, 5.41) is 0. The average molecular weight is 264 g/mol. The van der Waals surface area contributed by atoms with E-state index in [9.17, 15) is 0 Å². The first-order valence-corrected chi connectivity index (χ1v) is 8.07. The Morgan fingerprint density at radius 2 is 1.35 bits per heavy atom. The molecular formula is C20H24. The van der Waals surface area contributed by atoms with Crippen molar-refractivity contribution in [3.8, 4) is 11.1 Å². The van der Waals surface area contributed by atoms with Gasteiger partial charge in [-0.05, 0) is 46.9 Å². The Morgan fingerprint density at radius 1 is 0.750 bits per heavy atom. The first-order chi connectivity index (χ1) is 9.89. The molecule has 1 spiro atoms. The van der Waals surface area contributed by atoms with Crippen LogP contribution < -0.4 is 0 Å². The Labute approximate surface area is 122 Å². The van der Waals surface area contributed by atoms with Crippen LogP contribution in [0.1, 0.15) is 50.7 Å². The lowest BCUT2D eigenvalue weighted by atomic mass is 9.67. The van der Waals surface area contributed by atoms with Gasteiger partial charge in [-0.1, -0.05) is 75.2 Å². The summed E-state index contributed by atoms with van der Waals surface area (Å²) in [6, 6.07) is 18.1. The molecule has 0 nitrogen and oxygen atoms in total. The minimum absolute atomic E-state index is 0.449. The molecule has 0 heteroatoms. The number of fused-ring (bicyclic) bond motifs is 4. The van der Waals surface area contributed by atoms with Gasteiger partial charge in [0.1, 0.15) is 0 Å². The molecule has 20 heavy (non-hydrogen) atoms. The van der Waals surface area contributed by atoms with Crippen LogP contribution in [0.15, 0.2) is 48.5 Å². The molecule has 2 aliphatic carbocycles. The van der Waals surface area contributed by atoms with Crippen molar-refractivity contribution in [3.05, 3.63) is 59.7 Å². The van der Waals surface area contributed by atoms with E-state index >= 15 is 0 Å². The molecule has 4 rings (SSSR count). The Morgan fingerprint density at radius 3 is 2.10 bits per heavy atom. The normalized spacial score (nSPS) is 17.9. The predicted octanol–water partition coefficient (Wildman–Crippen LogP) is 5.75. The Bertz CT molecular complexity index is 588. The third-order valence-corrected chi connectivity index (χ3v) is 4.90. The minimum Gasteiger partial charge on any atom is -0.0683 e. The monoisotopic (exact) mass is 264 g/mol. The third kappa shape index (κ3) is 1.98. The molecule has 0 N–H and O–H groups in total. The Balaban J connectivity index is 0.000000581. The summed E-state index contributed by atoms with van der Waals surface area (Å²) < 4.78 is 0. The van der Waals surface area contributed by atoms with Crippen molar-refractivity contribution in [1.82, 2.24) is 0 Å². The molecule has 1 saturated carbocycles. The summed E-state index contributed by atoms with van der Waals surface area (Å²) in [5.74, 6) is 0. The summed E-state index contributed by atoms with van der Waals surface area (Å²) in [7, 11) is 0. The van der Waals surface area contributed by atoms with Crippen molar-refractivity contribution in [2.24, 2.45) is 0 Å². The molecule has 0 aliphatic heterocycles. The lowest BCUT2D eigenvalue weighted by Crippen LogP contribution is -2.29. The minimum atomic E-state index is 0.449. The Hall–Kier alpha value is -1.56. The quantitative estimate of drug-likeness (QED) is 0.568. The SMILES string of the molecule is CC.c1ccc2c(c1)CC1(CCCC1)c1ccccc1-2. The second-order valence-corrected chi connectivity index (χ2v) is 5.87. The van der Waals surface area contributed by atoms with E-state index in [1.807, 2.05) is 13.8 Å². The van der Waals surface area contributed by atoms with Crippen LogP contribution in [-0.4, -0.2) is 0 Å². The molecule has 0 unspecified atom stereocenters. The second-order valence-electron chi connectivity index (χ2n) is 5.87. The van der Waals surface area contributed by atoms with Crippen LogP contribution in [-0.2, 0) is 11.8 Å². The second kappa shape index (κ2) is 5.44. The van der Waals surface area contributed by atoms with E-state index in [0.29, 0.717) is 5.41 Å². The van der Waals surface area contributed by atoms with E-state index in [-0.39, 0.29) is 0 Å². The Kier molecular flexibility index (Phi) is 3.65. The van der Waals surface area contributed by atoms with E-state index in [0.717, 1.165) is 0 Å². The van der Waals surface area contributed by atoms with Crippen molar-refractivity contribution in [2.75, 3.05) is 0 Å². The summed E-state index contributed by atoms with van der Waals surface area (Å²) in [4.78, 5) is 0. The van der Waals surface area contributed by atoms with Crippen LogP contribution in [0.2, 0.25) is 0 Å². The maximum Gasteiger partial charge on any atom is -0.0000286 e. The van der Waals surface area contributed by atoms with E-state index in [4.69, 9.17) is 0 Å². The third-order valence-electron chi connectivity index (χ3n) is 4.90. The largest absolute Gasteiger partial charge is 0.0683 e. The van der Waals surface area contributed by atoms with E-state index < -0.39 is 0 Å². The zero-order chi connectivity index (χ0) is 14.0. The van der Waals surface area contributed by atoms with Gasteiger partial charge in [-0.2, -0.15) is 0 Å². The summed E-state index contributed by atoms with van der Waals surface area (Å²) in [5.41, 5.74) is 6.57. The van der Waals surface area contributed by atoms with Crippen molar-refractivity contribution >= 4 is 0 Å². The fourth-order valence-electron chi connectivity index (χ4n) is 4.08. The van der Waals surface area contributed by atoms with Gasteiger partial charge in [0, 0.05) is 0 Å². The molecule has 0 heterocycles. The smallest absolute Gasteiger partial charge is 0.0000286 e. The van der Waals surface area contributed by atoms with Gasteiger partial charge in [0.05, 0.1) is 0 Å². The molecule has 0 aromatic heterocycles. The van der Waals surface area contributed by atoms with Gasteiger partial charge in [-0.25, -0.2) is 0 Å². The molecule has 1 fully saturated rings. The standard InChI is InChI=1S/C18H18.C2H6/c1-2-8-15-14(7-1)13-18(11-5-6-12-18)17-10-4-3-9-16(15)17;1-2/h1-4,7-10H,5-6,11-13H2;1-2H3. The molecule has 2 aromatic carbocycles. The zero-order valence-electron chi connectivity index (χ0n) is 12.7. The van der Waals surface area contributed by atoms with Crippen LogP contribution in [0.4, 0.5) is 0 Å². The maximum atomic E-state index is 2.37. The lowest BCUT2D eigenvalue weighted by molar-refractivity contribution is 0.434. The first-order valence-electron chi connectivity index (χ1n) is 8.07. The van der Waals surface area contributed by atoms with Gasteiger partial charge in [-0.3, -0.25) is 0 Å². The molecular weight excluding hydrogens is 240 g/mol. The van der Waals surface area contributed by atoms with E-state index in [1.54, 1.807) is 11.1 Å². The van der Waals surface area contributed by atoms with Gasteiger partial charge >= 0.3 is 0 Å². The summed E-state index contributed by atoms with van der Waals surface area (Å²) in [6.45, 7) is 4.00. The zero-order valence-corrected chi connectivity index (χ0v) is 12.7. The van der Waals surface area contributed by atoms with Gasteiger partial charge in [0.15, 0.2) is 0 Å².